The SMILES string of the molecule is CC(=O)OC(CCl)Cn1c([N+](=O)[O-])cnc1C. The molecule has 0 saturated heterocycles. The summed E-state index contributed by atoms with van der Waals surface area (Å²) in [6.45, 7) is 3.01. The Hall–Kier alpha value is -1.63. The predicted molar refractivity (Wildman–Crippen MR) is 59.9 cm³/mol. The number of carbonyl (C=O) groups excluding carboxylic acids is 1. The zero-order valence-corrected chi connectivity index (χ0v) is 10.2. The lowest BCUT2D eigenvalue weighted by molar-refractivity contribution is -0.392. The number of hydrogen-bond donors (Lipinski definition) is 0. The highest BCUT2D eigenvalue weighted by atomic mass is 35.5. The molecule has 1 unspecified atom stereocenters. The average Bonchev–Trinajstić information content (AvgIpc) is 2.59. The minimum absolute atomic E-state index is 0.0638. The highest BCUT2D eigenvalue weighted by molar-refractivity contribution is 6.18. The van der Waals surface area contributed by atoms with E-state index in [-0.39, 0.29) is 18.2 Å². The maximum atomic E-state index is 10.8. The fourth-order valence-corrected chi connectivity index (χ4v) is 1.54. The van der Waals surface area contributed by atoms with Crippen molar-refractivity contribution in [1.82, 2.24) is 9.55 Å². The second kappa shape index (κ2) is 5.62. The van der Waals surface area contributed by atoms with Crippen molar-refractivity contribution in [2.45, 2.75) is 26.5 Å². The Morgan fingerprint density at radius 1 is 1.76 bits per heavy atom. The van der Waals surface area contributed by atoms with E-state index in [1.54, 1.807) is 6.92 Å². The third-order valence-electron chi connectivity index (χ3n) is 2.11. The molecule has 0 bridgehead atoms. The summed E-state index contributed by atoms with van der Waals surface area (Å²) in [5.41, 5.74) is 0. The molecule has 1 aromatic heterocycles. The summed E-state index contributed by atoms with van der Waals surface area (Å²) in [4.78, 5) is 24.8. The van der Waals surface area contributed by atoms with Gasteiger partial charge in [0.25, 0.3) is 0 Å². The first-order valence-corrected chi connectivity index (χ1v) is 5.38. The van der Waals surface area contributed by atoms with E-state index in [0.29, 0.717) is 5.82 Å². The lowest BCUT2D eigenvalue weighted by Crippen LogP contribution is -2.25. The monoisotopic (exact) mass is 261 g/mol. The van der Waals surface area contributed by atoms with Crippen LogP contribution in [0.1, 0.15) is 12.7 Å². The maximum absolute atomic E-state index is 10.8. The van der Waals surface area contributed by atoms with Crippen LogP contribution in [-0.2, 0) is 16.1 Å². The lowest BCUT2D eigenvalue weighted by atomic mass is 10.4. The summed E-state index contributed by atoms with van der Waals surface area (Å²) in [6, 6.07) is 0. The van der Waals surface area contributed by atoms with Crippen molar-refractivity contribution in [3.63, 3.8) is 0 Å². The van der Waals surface area contributed by atoms with E-state index in [4.69, 9.17) is 16.3 Å². The zero-order valence-electron chi connectivity index (χ0n) is 9.42. The standard InChI is InChI=1S/C9H12ClN3O4/c1-6-11-4-9(13(15)16)12(6)5-8(3-10)17-7(2)14/h4,8H,3,5H2,1-2H3. The molecule has 0 amide bonds. The van der Waals surface area contributed by atoms with Gasteiger partial charge in [0.15, 0.2) is 11.9 Å². The van der Waals surface area contributed by atoms with E-state index in [1.165, 1.54) is 11.5 Å². The van der Waals surface area contributed by atoms with Crippen LogP contribution in [0, 0.1) is 17.0 Å². The fourth-order valence-electron chi connectivity index (χ4n) is 1.38. The van der Waals surface area contributed by atoms with Gasteiger partial charge in [0, 0.05) is 13.8 Å². The van der Waals surface area contributed by atoms with Gasteiger partial charge in [-0.15, -0.1) is 11.6 Å². The second-order valence-electron chi connectivity index (χ2n) is 3.42. The average molecular weight is 262 g/mol. The molecular formula is C9H12ClN3O4. The summed E-state index contributed by atoms with van der Waals surface area (Å²) < 4.78 is 6.28. The molecule has 17 heavy (non-hydrogen) atoms. The molecule has 0 aliphatic rings. The van der Waals surface area contributed by atoms with E-state index >= 15 is 0 Å². The first-order chi connectivity index (χ1) is 7.95. The van der Waals surface area contributed by atoms with Gasteiger partial charge in [0.1, 0.15) is 12.7 Å². The van der Waals surface area contributed by atoms with Crippen LogP contribution in [-0.4, -0.2) is 32.4 Å². The molecular weight excluding hydrogens is 250 g/mol. The molecule has 7 nitrogen and oxygen atoms in total. The molecule has 0 radical (unpaired) electrons. The highest BCUT2D eigenvalue weighted by Gasteiger charge is 2.22. The number of esters is 1. The minimum atomic E-state index is -0.610. The van der Waals surface area contributed by atoms with Gasteiger partial charge in [-0.05, 0) is 4.92 Å². The van der Waals surface area contributed by atoms with Crippen molar-refractivity contribution in [3.05, 3.63) is 22.1 Å². The highest BCUT2D eigenvalue weighted by Crippen LogP contribution is 2.15. The van der Waals surface area contributed by atoms with Crippen LogP contribution in [0.3, 0.4) is 0 Å². The first-order valence-electron chi connectivity index (χ1n) is 4.85. The largest absolute Gasteiger partial charge is 0.457 e. The molecule has 0 N–H and O–H groups in total. The molecule has 8 heteroatoms. The molecule has 1 atom stereocenters. The summed E-state index contributed by atoms with van der Waals surface area (Å²) in [5.74, 6) is -0.0891. The number of aromatic nitrogens is 2. The predicted octanol–water partition coefficient (Wildman–Crippen LogP) is 1.27. The number of carbonyl (C=O) groups is 1. The molecule has 1 heterocycles. The lowest BCUT2D eigenvalue weighted by Gasteiger charge is -2.13. The van der Waals surface area contributed by atoms with E-state index in [9.17, 15) is 14.9 Å². The molecule has 0 spiro atoms. The summed E-state index contributed by atoms with van der Waals surface area (Å²) in [6.07, 6.45) is 0.551. The molecule has 0 fully saturated rings. The van der Waals surface area contributed by atoms with Crippen LogP contribution in [0.15, 0.2) is 6.20 Å². The third-order valence-corrected chi connectivity index (χ3v) is 2.46. The summed E-state index contributed by atoms with van der Waals surface area (Å²) >= 11 is 5.63. The number of imidazole rings is 1. The molecule has 94 valence electrons. The number of alkyl halides is 1. The zero-order chi connectivity index (χ0) is 13.0. The number of rotatable bonds is 5. The number of nitro groups is 1. The van der Waals surface area contributed by atoms with Crippen molar-refractivity contribution >= 4 is 23.4 Å². The van der Waals surface area contributed by atoms with Crippen LogP contribution >= 0.6 is 11.6 Å². The number of aryl methyl sites for hydroxylation is 1. The van der Waals surface area contributed by atoms with Crippen molar-refractivity contribution < 1.29 is 14.5 Å². The summed E-state index contributed by atoms with van der Waals surface area (Å²) in [5, 5.41) is 10.7. The normalized spacial score (nSPS) is 12.2. The molecule has 0 aromatic carbocycles. The van der Waals surface area contributed by atoms with Crippen LogP contribution in [0.4, 0.5) is 5.82 Å². The first kappa shape index (κ1) is 13.4. The third kappa shape index (κ3) is 3.42. The Labute approximate surface area is 102 Å². The van der Waals surface area contributed by atoms with E-state index in [0.717, 1.165) is 6.20 Å². The number of nitrogens with zero attached hydrogens (tertiary/aromatic N) is 3. The van der Waals surface area contributed by atoms with Gasteiger partial charge < -0.3 is 14.9 Å². The Balaban J connectivity index is 2.88. The molecule has 0 saturated carbocycles. The van der Waals surface area contributed by atoms with Gasteiger partial charge >= 0.3 is 11.8 Å². The van der Waals surface area contributed by atoms with Crippen LogP contribution in [0.5, 0.6) is 0 Å². The quantitative estimate of drug-likeness (QED) is 0.345. The van der Waals surface area contributed by atoms with Gasteiger partial charge in [0.05, 0.1) is 5.88 Å². The van der Waals surface area contributed by atoms with Crippen LogP contribution in [0.25, 0.3) is 0 Å². The van der Waals surface area contributed by atoms with E-state index < -0.39 is 17.0 Å². The molecule has 1 aromatic rings. The Morgan fingerprint density at radius 3 is 2.88 bits per heavy atom. The number of halogens is 1. The maximum Gasteiger partial charge on any atom is 0.342 e. The van der Waals surface area contributed by atoms with Gasteiger partial charge in [-0.25, -0.2) is 9.55 Å². The van der Waals surface area contributed by atoms with Gasteiger partial charge in [0.2, 0.25) is 0 Å². The molecule has 0 aliphatic carbocycles. The van der Waals surface area contributed by atoms with Crippen molar-refractivity contribution in [3.8, 4) is 0 Å². The van der Waals surface area contributed by atoms with E-state index in [2.05, 4.69) is 4.98 Å². The fraction of sp³-hybridized carbons (Fsp3) is 0.556. The number of ether oxygens (including phenoxy) is 1. The van der Waals surface area contributed by atoms with Crippen LogP contribution < -0.4 is 0 Å². The van der Waals surface area contributed by atoms with Crippen molar-refractivity contribution in [2.75, 3.05) is 5.88 Å². The van der Waals surface area contributed by atoms with E-state index in [1.807, 2.05) is 0 Å². The summed E-state index contributed by atoms with van der Waals surface area (Å²) in [7, 11) is 0. The number of hydrogen-bond acceptors (Lipinski definition) is 5. The molecule has 0 aliphatic heterocycles. The smallest absolute Gasteiger partial charge is 0.342 e. The van der Waals surface area contributed by atoms with Gasteiger partial charge in [-0.3, -0.25) is 4.79 Å². The Kier molecular flexibility index (Phi) is 4.45. The minimum Gasteiger partial charge on any atom is -0.457 e. The van der Waals surface area contributed by atoms with Crippen molar-refractivity contribution in [1.29, 1.82) is 0 Å². The van der Waals surface area contributed by atoms with Crippen molar-refractivity contribution in [2.24, 2.45) is 0 Å². The topological polar surface area (TPSA) is 87.3 Å². The van der Waals surface area contributed by atoms with Gasteiger partial charge in [-0.2, -0.15) is 0 Å². The molecule has 1 rings (SSSR count). The second-order valence-corrected chi connectivity index (χ2v) is 3.73. The van der Waals surface area contributed by atoms with Crippen LogP contribution in [0.2, 0.25) is 0 Å². The Bertz CT molecular complexity index is 432. The van der Waals surface area contributed by atoms with Gasteiger partial charge in [-0.1, -0.05) is 0 Å². The Morgan fingerprint density at radius 2 is 2.41 bits per heavy atom.